The smallest absolute Gasteiger partial charge is 0.264 e. The summed E-state index contributed by atoms with van der Waals surface area (Å²) in [7, 11) is -4.28. The molecule has 9 heteroatoms. The van der Waals surface area contributed by atoms with Gasteiger partial charge >= 0.3 is 0 Å². The minimum absolute atomic E-state index is 0.0966. The first kappa shape index (κ1) is 30.5. The van der Waals surface area contributed by atoms with Crippen molar-refractivity contribution in [1.29, 1.82) is 0 Å². The molecule has 4 aromatic carbocycles. The van der Waals surface area contributed by atoms with Crippen molar-refractivity contribution in [2.75, 3.05) is 17.4 Å². The quantitative estimate of drug-likeness (QED) is 0.250. The summed E-state index contributed by atoms with van der Waals surface area (Å²) in [5.74, 6) is -1.47. The summed E-state index contributed by atoms with van der Waals surface area (Å²) in [5.41, 5.74) is 2.89. The standard InChI is InChI=1S/C33H34FN3O4S/c1-3-35-33(39)31(22-26-13-6-4-7-14-26)36(23-27-15-11-10-12-25(27)2)32(38)24-37(29-16-8-5-9-17-29)42(40,41)30-20-18-28(34)19-21-30/h4-21,31H,3,22-24H2,1-2H3,(H,35,39)/t31-/m0/s1. The van der Waals surface area contributed by atoms with Gasteiger partial charge in [0.05, 0.1) is 10.6 Å². The second-order valence-electron chi connectivity index (χ2n) is 9.85. The third-order valence-corrected chi connectivity index (χ3v) is 8.74. The second kappa shape index (κ2) is 13.9. The van der Waals surface area contributed by atoms with Crippen molar-refractivity contribution in [2.24, 2.45) is 0 Å². The summed E-state index contributed by atoms with van der Waals surface area (Å²) in [6.07, 6.45) is 0.236. The Kier molecular flexibility index (Phi) is 10.1. The number of amides is 2. The summed E-state index contributed by atoms with van der Waals surface area (Å²) in [6, 6.07) is 28.8. The van der Waals surface area contributed by atoms with Crippen molar-refractivity contribution in [2.45, 2.75) is 37.8 Å². The summed E-state index contributed by atoms with van der Waals surface area (Å²) < 4.78 is 42.4. The van der Waals surface area contributed by atoms with Crippen LogP contribution >= 0.6 is 0 Å². The van der Waals surface area contributed by atoms with Crippen LogP contribution in [0.25, 0.3) is 0 Å². The Hall–Kier alpha value is -4.50. The average molecular weight is 588 g/mol. The Labute approximate surface area is 246 Å². The predicted molar refractivity (Wildman–Crippen MR) is 162 cm³/mol. The number of rotatable bonds is 12. The fraction of sp³-hybridized carbons (Fsp3) is 0.212. The molecule has 0 aliphatic rings. The molecule has 0 heterocycles. The monoisotopic (exact) mass is 587 g/mol. The zero-order valence-electron chi connectivity index (χ0n) is 23.6. The molecule has 7 nitrogen and oxygen atoms in total. The molecule has 4 aromatic rings. The van der Waals surface area contributed by atoms with E-state index in [1.807, 2.05) is 61.5 Å². The molecule has 0 saturated carbocycles. The number of hydrogen-bond acceptors (Lipinski definition) is 4. The maximum absolute atomic E-state index is 14.3. The lowest BCUT2D eigenvalue weighted by Gasteiger charge is -2.34. The van der Waals surface area contributed by atoms with Crippen molar-refractivity contribution in [1.82, 2.24) is 10.2 Å². The third-order valence-electron chi connectivity index (χ3n) is 6.95. The second-order valence-corrected chi connectivity index (χ2v) is 11.7. The maximum atomic E-state index is 14.3. The molecule has 0 bridgehead atoms. The van der Waals surface area contributed by atoms with Gasteiger partial charge in [0.15, 0.2) is 0 Å². The zero-order chi connectivity index (χ0) is 30.1. The highest BCUT2D eigenvalue weighted by Crippen LogP contribution is 2.25. The van der Waals surface area contributed by atoms with Gasteiger partial charge in [0.1, 0.15) is 18.4 Å². The van der Waals surface area contributed by atoms with E-state index in [-0.39, 0.29) is 29.5 Å². The van der Waals surface area contributed by atoms with Gasteiger partial charge in [-0.2, -0.15) is 0 Å². The van der Waals surface area contributed by atoms with Gasteiger partial charge in [0.25, 0.3) is 10.0 Å². The molecule has 2 amide bonds. The highest BCUT2D eigenvalue weighted by Gasteiger charge is 2.34. The van der Waals surface area contributed by atoms with E-state index in [4.69, 9.17) is 0 Å². The molecule has 42 heavy (non-hydrogen) atoms. The first-order chi connectivity index (χ1) is 20.2. The lowest BCUT2D eigenvalue weighted by atomic mass is 10.0. The van der Waals surface area contributed by atoms with E-state index in [9.17, 15) is 22.4 Å². The molecule has 4 rings (SSSR count). The van der Waals surface area contributed by atoms with Crippen molar-refractivity contribution in [3.05, 3.63) is 132 Å². The number of nitrogens with one attached hydrogen (secondary N) is 1. The Bertz CT molecular complexity index is 1600. The summed E-state index contributed by atoms with van der Waals surface area (Å²) in [5, 5.41) is 2.85. The molecule has 0 aromatic heterocycles. The van der Waals surface area contributed by atoms with Gasteiger partial charge in [-0.3, -0.25) is 13.9 Å². The van der Waals surface area contributed by atoms with Gasteiger partial charge in [-0.1, -0.05) is 72.8 Å². The molecule has 1 atom stereocenters. The molecule has 1 N–H and O–H groups in total. The van der Waals surface area contributed by atoms with Gasteiger partial charge in [0, 0.05) is 19.5 Å². The van der Waals surface area contributed by atoms with E-state index >= 15 is 0 Å². The Balaban J connectivity index is 1.78. The van der Waals surface area contributed by atoms with Crippen LogP contribution in [0.4, 0.5) is 10.1 Å². The van der Waals surface area contributed by atoms with Crippen LogP contribution in [0, 0.1) is 12.7 Å². The van der Waals surface area contributed by atoms with E-state index in [0.717, 1.165) is 33.1 Å². The largest absolute Gasteiger partial charge is 0.355 e. The molecule has 0 spiro atoms. The first-order valence-corrected chi connectivity index (χ1v) is 15.1. The number of halogens is 1. The van der Waals surface area contributed by atoms with Crippen LogP contribution in [-0.2, 0) is 32.6 Å². The van der Waals surface area contributed by atoms with Crippen LogP contribution in [0.2, 0.25) is 0 Å². The van der Waals surface area contributed by atoms with E-state index in [0.29, 0.717) is 6.54 Å². The van der Waals surface area contributed by atoms with Gasteiger partial charge in [-0.15, -0.1) is 0 Å². The first-order valence-electron chi connectivity index (χ1n) is 13.7. The number of anilines is 1. The molecule has 0 radical (unpaired) electrons. The number of para-hydroxylation sites is 1. The molecular formula is C33H34FN3O4S. The van der Waals surface area contributed by atoms with Gasteiger partial charge < -0.3 is 10.2 Å². The average Bonchev–Trinajstić information content (AvgIpc) is 2.99. The normalized spacial score (nSPS) is 11.9. The number of carbonyl (C=O) groups excluding carboxylic acids is 2. The van der Waals surface area contributed by atoms with Crippen LogP contribution in [0.15, 0.2) is 114 Å². The number of nitrogens with zero attached hydrogens (tertiary/aromatic N) is 2. The number of sulfonamides is 1. The van der Waals surface area contributed by atoms with Crippen LogP contribution in [0.3, 0.4) is 0 Å². The fourth-order valence-corrected chi connectivity index (χ4v) is 6.09. The molecule has 0 aliphatic heterocycles. The van der Waals surface area contributed by atoms with Crippen LogP contribution in [0.5, 0.6) is 0 Å². The van der Waals surface area contributed by atoms with Crippen molar-refractivity contribution in [3.63, 3.8) is 0 Å². The topological polar surface area (TPSA) is 86.8 Å². The van der Waals surface area contributed by atoms with Crippen molar-refractivity contribution in [3.8, 4) is 0 Å². The maximum Gasteiger partial charge on any atom is 0.264 e. The molecule has 0 fully saturated rings. The summed E-state index contributed by atoms with van der Waals surface area (Å²) >= 11 is 0. The molecule has 0 saturated heterocycles. The van der Waals surface area contributed by atoms with E-state index in [1.165, 1.54) is 17.0 Å². The third kappa shape index (κ3) is 7.41. The van der Waals surface area contributed by atoms with E-state index < -0.39 is 34.3 Å². The number of likely N-dealkylation sites (N-methyl/N-ethyl adjacent to an activating group) is 1. The Morgan fingerprint density at radius 3 is 2.05 bits per heavy atom. The SMILES string of the molecule is CCNC(=O)[C@H](Cc1ccccc1)N(Cc1ccccc1C)C(=O)CN(c1ccccc1)S(=O)(=O)c1ccc(F)cc1. The van der Waals surface area contributed by atoms with Gasteiger partial charge in [0.2, 0.25) is 11.8 Å². The lowest BCUT2D eigenvalue weighted by molar-refractivity contribution is -0.140. The Morgan fingerprint density at radius 2 is 1.43 bits per heavy atom. The van der Waals surface area contributed by atoms with Crippen molar-refractivity contribution < 1.29 is 22.4 Å². The Morgan fingerprint density at radius 1 is 0.833 bits per heavy atom. The van der Waals surface area contributed by atoms with Crippen LogP contribution in [0.1, 0.15) is 23.6 Å². The number of aryl methyl sites for hydroxylation is 1. The minimum atomic E-state index is -4.28. The lowest BCUT2D eigenvalue weighted by Crippen LogP contribution is -2.53. The molecular weight excluding hydrogens is 553 g/mol. The number of carbonyl (C=O) groups is 2. The van der Waals surface area contributed by atoms with Crippen LogP contribution in [-0.4, -0.2) is 44.3 Å². The zero-order valence-corrected chi connectivity index (χ0v) is 24.4. The highest BCUT2D eigenvalue weighted by atomic mass is 32.2. The van der Waals surface area contributed by atoms with E-state index in [1.54, 1.807) is 37.3 Å². The van der Waals surface area contributed by atoms with E-state index in [2.05, 4.69) is 5.32 Å². The summed E-state index contributed by atoms with van der Waals surface area (Å²) in [6.45, 7) is 3.62. The fourth-order valence-electron chi connectivity index (χ4n) is 4.67. The highest BCUT2D eigenvalue weighted by molar-refractivity contribution is 7.92. The summed E-state index contributed by atoms with van der Waals surface area (Å²) in [4.78, 5) is 29.1. The molecule has 0 unspecified atom stereocenters. The number of hydrogen-bond donors (Lipinski definition) is 1. The minimum Gasteiger partial charge on any atom is -0.355 e. The number of benzene rings is 4. The predicted octanol–water partition coefficient (Wildman–Crippen LogP) is 5.11. The van der Waals surface area contributed by atoms with Crippen molar-refractivity contribution >= 4 is 27.5 Å². The van der Waals surface area contributed by atoms with Gasteiger partial charge in [-0.05, 0) is 66.9 Å². The molecule has 218 valence electrons. The van der Waals surface area contributed by atoms with Crippen LogP contribution < -0.4 is 9.62 Å². The molecule has 0 aliphatic carbocycles. The van der Waals surface area contributed by atoms with Gasteiger partial charge in [-0.25, -0.2) is 12.8 Å².